The van der Waals surface area contributed by atoms with Crippen LogP contribution in [0.4, 0.5) is 4.39 Å². The standard InChI is InChI=1S/C14H18B2FN3S/c1-5-9-6-10-8-18-20(12(10)7-11(9)17)14(16,21)13(2,15)19(3)4/h6-8,21H,5H2,1-4H3. The second kappa shape index (κ2) is 5.36. The van der Waals surface area contributed by atoms with E-state index in [2.05, 4.69) is 17.7 Å². The summed E-state index contributed by atoms with van der Waals surface area (Å²) in [5, 5.41) is 5.09. The molecule has 0 N–H and O–H groups in total. The van der Waals surface area contributed by atoms with E-state index < -0.39 is 10.2 Å². The van der Waals surface area contributed by atoms with Crippen LogP contribution in [-0.2, 0) is 11.2 Å². The van der Waals surface area contributed by atoms with E-state index in [-0.39, 0.29) is 5.82 Å². The number of benzene rings is 1. The van der Waals surface area contributed by atoms with Crippen molar-refractivity contribution < 1.29 is 4.39 Å². The molecule has 2 rings (SSSR count). The molecule has 4 radical (unpaired) electrons. The van der Waals surface area contributed by atoms with Crippen molar-refractivity contribution in [1.29, 1.82) is 0 Å². The predicted octanol–water partition coefficient (Wildman–Crippen LogP) is 1.89. The van der Waals surface area contributed by atoms with Gasteiger partial charge in [-0.2, -0.15) is 17.7 Å². The van der Waals surface area contributed by atoms with Crippen LogP contribution in [0, 0.1) is 5.82 Å². The van der Waals surface area contributed by atoms with Crippen LogP contribution in [0.3, 0.4) is 0 Å². The molecule has 0 spiro atoms. The molecule has 3 nitrogen and oxygen atoms in total. The monoisotopic (exact) mass is 301 g/mol. The van der Waals surface area contributed by atoms with Gasteiger partial charge in [-0.15, -0.1) is 0 Å². The molecule has 0 bridgehead atoms. The Morgan fingerprint density at radius 2 is 2.00 bits per heavy atom. The van der Waals surface area contributed by atoms with Gasteiger partial charge in [0.05, 0.1) is 24.3 Å². The molecule has 0 saturated heterocycles. The molecule has 2 aromatic rings. The van der Waals surface area contributed by atoms with Crippen molar-refractivity contribution in [2.24, 2.45) is 0 Å². The maximum absolute atomic E-state index is 14.1. The first-order valence-electron chi connectivity index (χ1n) is 6.77. The van der Waals surface area contributed by atoms with Gasteiger partial charge >= 0.3 is 0 Å². The topological polar surface area (TPSA) is 21.1 Å². The van der Waals surface area contributed by atoms with Crippen molar-refractivity contribution in [2.75, 3.05) is 14.1 Å². The summed E-state index contributed by atoms with van der Waals surface area (Å²) in [5.41, 5.74) is 0.224. The number of aromatic nitrogens is 2. The first-order chi connectivity index (χ1) is 9.62. The van der Waals surface area contributed by atoms with E-state index in [0.29, 0.717) is 17.5 Å². The van der Waals surface area contributed by atoms with E-state index in [4.69, 9.17) is 15.7 Å². The molecule has 0 aliphatic carbocycles. The molecular formula is C14H18B2FN3S. The zero-order valence-electron chi connectivity index (χ0n) is 12.8. The van der Waals surface area contributed by atoms with Gasteiger partial charge in [0.25, 0.3) is 0 Å². The SMILES string of the molecule is [B]C(C)(N(C)C)C([B])(S)n1ncc2cc(CC)c(F)cc21. The zero-order chi connectivity index (χ0) is 16.0. The molecule has 7 heteroatoms. The fourth-order valence-corrected chi connectivity index (χ4v) is 2.54. The van der Waals surface area contributed by atoms with E-state index in [1.165, 1.54) is 10.7 Å². The fourth-order valence-electron chi connectivity index (χ4n) is 2.18. The van der Waals surface area contributed by atoms with Crippen molar-refractivity contribution in [2.45, 2.75) is 30.5 Å². The number of nitrogens with zero attached hydrogens (tertiary/aromatic N) is 3. The van der Waals surface area contributed by atoms with Crippen LogP contribution < -0.4 is 0 Å². The molecule has 1 aromatic carbocycles. The first-order valence-corrected chi connectivity index (χ1v) is 7.21. The van der Waals surface area contributed by atoms with E-state index in [0.717, 1.165) is 5.39 Å². The molecule has 0 amide bonds. The number of aryl methyl sites for hydroxylation is 1. The van der Waals surface area contributed by atoms with Crippen LogP contribution in [-0.4, -0.2) is 49.9 Å². The Kier molecular flexibility index (Phi) is 4.19. The summed E-state index contributed by atoms with van der Waals surface area (Å²) in [6.45, 7) is 3.66. The lowest BCUT2D eigenvalue weighted by Crippen LogP contribution is -2.59. The maximum Gasteiger partial charge on any atom is 0.128 e. The Hall–Kier alpha value is -0.940. The Labute approximate surface area is 133 Å². The average molecular weight is 301 g/mol. The molecule has 108 valence electrons. The zero-order valence-corrected chi connectivity index (χ0v) is 13.7. The molecule has 2 atom stereocenters. The van der Waals surface area contributed by atoms with Crippen molar-refractivity contribution in [1.82, 2.24) is 14.7 Å². The lowest BCUT2D eigenvalue weighted by molar-refractivity contribution is 0.206. The highest BCUT2D eigenvalue weighted by atomic mass is 32.1. The summed E-state index contributed by atoms with van der Waals surface area (Å²) >= 11 is 4.51. The largest absolute Gasteiger partial charge is 0.310 e. The number of likely N-dealkylation sites (N-methyl/N-ethyl adjacent to an activating group) is 1. The molecule has 21 heavy (non-hydrogen) atoms. The molecule has 1 aromatic heterocycles. The lowest BCUT2D eigenvalue weighted by atomic mass is 9.64. The normalized spacial score (nSPS) is 17.9. The number of hydrogen-bond donors (Lipinski definition) is 1. The molecule has 2 unspecified atom stereocenters. The summed E-state index contributed by atoms with van der Waals surface area (Å²) in [7, 11) is 16.2. The number of rotatable bonds is 4. The molecular weight excluding hydrogens is 283 g/mol. The van der Waals surface area contributed by atoms with Gasteiger partial charge < -0.3 is 4.90 Å². The summed E-state index contributed by atoms with van der Waals surface area (Å²) in [5.74, 6) is -0.278. The van der Waals surface area contributed by atoms with Gasteiger partial charge in [0, 0.05) is 16.9 Å². The quantitative estimate of drug-likeness (QED) is 0.688. The Morgan fingerprint density at radius 1 is 1.38 bits per heavy atom. The first kappa shape index (κ1) is 16.4. The third kappa shape index (κ3) is 2.50. The number of hydrogen-bond acceptors (Lipinski definition) is 3. The van der Waals surface area contributed by atoms with Crippen LogP contribution >= 0.6 is 12.6 Å². The summed E-state index contributed by atoms with van der Waals surface area (Å²) in [6, 6.07) is 3.21. The van der Waals surface area contributed by atoms with Gasteiger partial charge in [0.2, 0.25) is 0 Å². The van der Waals surface area contributed by atoms with Crippen molar-refractivity contribution >= 4 is 39.2 Å². The number of fused-ring (bicyclic) bond motifs is 1. The van der Waals surface area contributed by atoms with Crippen LogP contribution in [0.1, 0.15) is 19.4 Å². The highest BCUT2D eigenvalue weighted by Gasteiger charge is 2.41. The highest BCUT2D eigenvalue weighted by Crippen LogP contribution is 2.35. The van der Waals surface area contributed by atoms with Gasteiger partial charge in [0.15, 0.2) is 0 Å². The van der Waals surface area contributed by atoms with Crippen LogP contribution in [0.25, 0.3) is 10.9 Å². The molecule has 0 aliphatic rings. The van der Waals surface area contributed by atoms with Crippen molar-refractivity contribution in [3.63, 3.8) is 0 Å². The van der Waals surface area contributed by atoms with Crippen molar-refractivity contribution in [3.8, 4) is 0 Å². The average Bonchev–Trinajstić information content (AvgIpc) is 2.80. The van der Waals surface area contributed by atoms with Gasteiger partial charge in [-0.05, 0) is 32.1 Å². The highest BCUT2D eigenvalue weighted by molar-refractivity contribution is 7.82. The smallest absolute Gasteiger partial charge is 0.128 e. The molecule has 1 heterocycles. The van der Waals surface area contributed by atoms with E-state index in [1.54, 1.807) is 38.2 Å². The van der Waals surface area contributed by atoms with Crippen molar-refractivity contribution in [3.05, 3.63) is 29.7 Å². The van der Waals surface area contributed by atoms with E-state index in [1.807, 2.05) is 6.92 Å². The van der Waals surface area contributed by atoms with Crippen LogP contribution in [0.15, 0.2) is 18.3 Å². The molecule has 0 fully saturated rings. The third-order valence-corrected chi connectivity index (χ3v) is 4.76. The Morgan fingerprint density at radius 3 is 2.52 bits per heavy atom. The van der Waals surface area contributed by atoms with Crippen LogP contribution in [0.5, 0.6) is 0 Å². The minimum absolute atomic E-state index is 0.278. The van der Waals surface area contributed by atoms with Crippen LogP contribution in [0.2, 0.25) is 0 Å². The second-order valence-corrected chi connectivity index (χ2v) is 6.36. The maximum atomic E-state index is 14.1. The Balaban J connectivity index is 2.65. The number of thiol groups is 1. The minimum Gasteiger partial charge on any atom is -0.310 e. The van der Waals surface area contributed by atoms with E-state index >= 15 is 0 Å². The molecule has 0 saturated carbocycles. The van der Waals surface area contributed by atoms with Gasteiger partial charge in [0.1, 0.15) is 13.7 Å². The number of halogens is 1. The summed E-state index contributed by atoms with van der Waals surface area (Å²) in [6.07, 6.45) is 2.27. The predicted molar refractivity (Wildman–Crippen MR) is 89.6 cm³/mol. The second-order valence-electron chi connectivity index (χ2n) is 5.68. The third-order valence-electron chi connectivity index (χ3n) is 4.11. The molecule has 0 aliphatic heterocycles. The van der Waals surface area contributed by atoms with Gasteiger partial charge in [-0.1, -0.05) is 13.8 Å². The summed E-state index contributed by atoms with van der Waals surface area (Å²) < 4.78 is 14.2. The van der Waals surface area contributed by atoms with Gasteiger partial charge in [-0.25, -0.2) is 4.39 Å². The minimum atomic E-state index is -1.31. The lowest BCUT2D eigenvalue weighted by Gasteiger charge is -2.47. The summed E-state index contributed by atoms with van der Waals surface area (Å²) in [4.78, 5) is 1.75. The van der Waals surface area contributed by atoms with E-state index in [9.17, 15) is 4.39 Å². The van der Waals surface area contributed by atoms with Gasteiger partial charge in [-0.3, -0.25) is 4.68 Å². The Bertz CT molecular complexity index is 668. The fraction of sp³-hybridized carbons (Fsp3) is 0.500.